The third-order valence-corrected chi connectivity index (χ3v) is 30.3. The van der Waals surface area contributed by atoms with E-state index in [0.29, 0.717) is 0 Å². The van der Waals surface area contributed by atoms with Crippen LogP contribution in [0.3, 0.4) is 0 Å². The SMILES string of the molecule is CS(=O)(=O)[SH](I)(I)(I)I. The largest absolute Gasteiger partial charge is 0.218 e. The molecule has 0 aliphatic rings. The summed E-state index contributed by atoms with van der Waals surface area (Å²) in [5.74, 6) is 0. The first kappa shape index (κ1) is 12.2. The number of hydrogen-bond acceptors (Lipinski definition) is 2. The quantitative estimate of drug-likeness (QED) is 0.278. The van der Waals surface area contributed by atoms with Gasteiger partial charge in [-0.15, -0.1) is 0 Å². The topological polar surface area (TPSA) is 34.1 Å². The van der Waals surface area contributed by atoms with Crippen molar-refractivity contribution in [1.29, 1.82) is 0 Å². The Bertz CT molecular complexity index is 199. The number of halogens is 4. The molecule has 9 heavy (non-hydrogen) atoms. The molecule has 60 valence electrons. The summed E-state index contributed by atoms with van der Waals surface area (Å²) in [4.78, 5) is 0. The highest BCUT2D eigenvalue weighted by molar-refractivity contribution is 14.6. The average molecular weight is 620 g/mol. The second-order valence-corrected chi connectivity index (χ2v) is 72.6. The Morgan fingerprint density at radius 2 is 1.22 bits per heavy atom. The molecule has 0 amide bonds. The van der Waals surface area contributed by atoms with E-state index in [1.165, 1.54) is 6.26 Å². The third-order valence-electron chi connectivity index (χ3n) is 0.501. The molecule has 0 aliphatic carbocycles. The van der Waals surface area contributed by atoms with E-state index in [9.17, 15) is 8.42 Å². The summed E-state index contributed by atoms with van der Waals surface area (Å²) >= 11 is 8.08. The Balaban J connectivity index is 5.05. The first-order valence-electron chi connectivity index (χ1n) is 1.60. The molecule has 0 saturated carbocycles. The first-order valence-corrected chi connectivity index (χ1v) is 17.5. The van der Waals surface area contributed by atoms with Crippen LogP contribution in [0.2, 0.25) is 0 Å². The molecular weight excluding hydrogens is 616 g/mol. The molecule has 8 heteroatoms. The fourth-order valence-electron chi connectivity index (χ4n) is 0. The molecule has 0 spiro atoms. The molecule has 0 radical (unpaired) electrons. The van der Waals surface area contributed by atoms with Gasteiger partial charge in [0, 0.05) is 6.26 Å². The second-order valence-electron chi connectivity index (χ2n) is 1.39. The smallest absolute Gasteiger partial charge is 0.195 e. The predicted molar refractivity (Wildman–Crippen MR) is 79.9 cm³/mol. The molecule has 2 nitrogen and oxygen atoms in total. The van der Waals surface area contributed by atoms with E-state index in [2.05, 4.69) is 0 Å². The zero-order valence-electron chi connectivity index (χ0n) is 4.18. The zero-order chi connectivity index (χ0) is 7.95. The highest BCUT2D eigenvalue weighted by atomic mass is 127. The Kier molecular flexibility index (Phi) is 4.31. The molecule has 0 aromatic heterocycles. The fraction of sp³-hybridized carbons (Fsp3) is 1.00. The molecule has 0 rings (SSSR count). The van der Waals surface area contributed by atoms with Crippen molar-refractivity contribution in [3.05, 3.63) is 0 Å². The number of hydrogen-bond donors (Lipinski definition) is 1. The van der Waals surface area contributed by atoms with Crippen LogP contribution in [0, 0.1) is 0 Å². The monoisotopic (exact) mass is 620 g/mol. The van der Waals surface area contributed by atoms with E-state index >= 15 is 0 Å². The van der Waals surface area contributed by atoms with Crippen molar-refractivity contribution in [2.75, 3.05) is 6.26 Å². The van der Waals surface area contributed by atoms with Gasteiger partial charge in [0.25, 0.3) is 0 Å². The van der Waals surface area contributed by atoms with Crippen molar-refractivity contribution in [1.82, 2.24) is 0 Å². The summed E-state index contributed by atoms with van der Waals surface area (Å²) in [7, 11) is -2.86. The maximum Gasteiger partial charge on any atom is 0.195 e. The van der Waals surface area contributed by atoms with Crippen LogP contribution in [-0.2, 0) is 8.87 Å². The molecule has 0 aromatic carbocycles. The Labute approximate surface area is 103 Å². The normalized spacial score (nSPS) is 18.6. The van der Waals surface area contributed by atoms with Crippen molar-refractivity contribution in [3.8, 4) is 0 Å². The van der Waals surface area contributed by atoms with Crippen LogP contribution >= 0.6 is 81.7 Å². The summed E-state index contributed by atoms with van der Waals surface area (Å²) in [5, 5.41) is 0. The molecule has 0 unspecified atom stereocenters. The maximum absolute atomic E-state index is 11.0. The lowest BCUT2D eigenvalue weighted by Gasteiger charge is -2.34. The average Bonchev–Trinajstić information content (AvgIpc) is 1.20. The van der Waals surface area contributed by atoms with Gasteiger partial charge in [0.15, 0.2) is 8.87 Å². The molecular formula is CH4I4O2S2. The van der Waals surface area contributed by atoms with E-state index in [1.807, 2.05) is 84.8 Å². The van der Waals surface area contributed by atoms with Gasteiger partial charge in [0.2, 0.25) is 0 Å². The van der Waals surface area contributed by atoms with Crippen LogP contribution in [-0.4, -0.2) is 14.7 Å². The number of rotatable bonds is 1. The van der Waals surface area contributed by atoms with Crippen LogP contribution in [0.1, 0.15) is 0 Å². The van der Waals surface area contributed by atoms with Crippen LogP contribution in [0.5, 0.6) is 0 Å². The summed E-state index contributed by atoms with van der Waals surface area (Å²) in [6.45, 7) is 0. The molecule has 0 heterocycles. The Morgan fingerprint density at radius 3 is 1.22 bits per heavy atom. The van der Waals surface area contributed by atoms with Gasteiger partial charge in [0.05, 0.1) is 0 Å². The van der Waals surface area contributed by atoms with Gasteiger partial charge in [-0.25, -0.2) is 8.42 Å². The van der Waals surface area contributed by atoms with Crippen molar-refractivity contribution in [3.63, 3.8) is 0 Å². The molecule has 0 fully saturated rings. The lowest BCUT2D eigenvalue weighted by Crippen LogP contribution is -1.98. The van der Waals surface area contributed by atoms with Gasteiger partial charge in [-0.2, -0.15) is 0 Å². The standard InChI is InChI=1S/CH4I4O2S2/c1-8(6,7)9(2,3,4)5/h9H,1H3. The molecule has 0 bridgehead atoms. The molecule has 0 N–H and O–H groups in total. The van der Waals surface area contributed by atoms with Crippen LogP contribution in [0.25, 0.3) is 0 Å². The molecule has 0 saturated heterocycles. The van der Waals surface area contributed by atoms with Gasteiger partial charge in [0.1, 0.15) is 0 Å². The second kappa shape index (κ2) is 3.17. The summed E-state index contributed by atoms with van der Waals surface area (Å²) < 4.78 is 19.5. The van der Waals surface area contributed by atoms with E-state index in [1.54, 1.807) is 0 Å². The molecule has 0 aromatic rings. The molecule has 0 aliphatic heterocycles. The van der Waals surface area contributed by atoms with Gasteiger partial charge in [-0.3, -0.25) is 0 Å². The van der Waals surface area contributed by atoms with Gasteiger partial charge in [-0.05, 0) is 81.7 Å². The van der Waals surface area contributed by atoms with E-state index < -0.39 is 5.75 Å². The fourth-order valence-corrected chi connectivity index (χ4v) is 0. The molecule has 0 atom stereocenters. The van der Waals surface area contributed by atoms with Crippen LogP contribution < -0.4 is 0 Å². The minimum absolute atomic E-state index is 1.28. The van der Waals surface area contributed by atoms with Gasteiger partial charge >= 0.3 is 0 Å². The Hall–Kier alpha value is 3.22. The van der Waals surface area contributed by atoms with Crippen molar-refractivity contribution in [2.45, 2.75) is 0 Å². The third kappa shape index (κ3) is 4.12. The van der Waals surface area contributed by atoms with E-state index in [0.717, 1.165) is 0 Å². The lowest BCUT2D eigenvalue weighted by atomic mass is 12.0. The minimum atomic E-state index is -2.86. The predicted octanol–water partition coefficient (Wildman–Crippen LogP) is 3.42. The van der Waals surface area contributed by atoms with Crippen molar-refractivity contribution >= 4 is 90.6 Å². The summed E-state index contributed by atoms with van der Waals surface area (Å²) in [6, 6.07) is 0. The van der Waals surface area contributed by atoms with Crippen molar-refractivity contribution < 1.29 is 8.42 Å². The van der Waals surface area contributed by atoms with Crippen molar-refractivity contribution in [2.24, 2.45) is 0 Å². The first-order chi connectivity index (χ1) is 3.51. The lowest BCUT2D eigenvalue weighted by molar-refractivity contribution is 0.616. The summed E-state index contributed by atoms with van der Waals surface area (Å²) in [6.07, 6.45) is 1.28. The van der Waals surface area contributed by atoms with E-state index in [4.69, 9.17) is 0 Å². The highest BCUT2D eigenvalue weighted by Crippen LogP contribution is 2.98. The van der Waals surface area contributed by atoms with Gasteiger partial charge in [-0.1, -0.05) is 0 Å². The minimum Gasteiger partial charge on any atom is -0.218 e. The zero-order valence-corrected chi connectivity index (χ0v) is 14.5. The number of thiol groups is 1. The Morgan fingerprint density at radius 1 is 1.11 bits per heavy atom. The van der Waals surface area contributed by atoms with Crippen LogP contribution in [0.4, 0.5) is 0 Å². The van der Waals surface area contributed by atoms with Crippen LogP contribution in [0.15, 0.2) is 0 Å². The van der Waals surface area contributed by atoms with Gasteiger partial charge < -0.3 is 0 Å². The van der Waals surface area contributed by atoms with E-state index in [-0.39, 0.29) is 0 Å². The maximum atomic E-state index is 11.0. The highest BCUT2D eigenvalue weighted by Gasteiger charge is 2.38. The summed E-state index contributed by atoms with van der Waals surface area (Å²) in [5.41, 5.74) is 0.